The van der Waals surface area contributed by atoms with Crippen LogP contribution in [0, 0.1) is 6.92 Å². The molecule has 1 aromatic carbocycles. The molecule has 0 saturated heterocycles. The van der Waals surface area contributed by atoms with Crippen LogP contribution in [0.15, 0.2) is 42.5 Å². The van der Waals surface area contributed by atoms with Crippen LogP contribution in [0.5, 0.6) is 0 Å². The minimum absolute atomic E-state index is 0. The fraction of sp³-hybridized carbons (Fsp3) is 0.0714. The largest absolute Gasteiger partial charge is 0.364 e. The summed E-state index contributed by atoms with van der Waals surface area (Å²) in [5, 5.41) is 2.70. The van der Waals surface area contributed by atoms with Crippen LogP contribution in [-0.4, -0.2) is 16.8 Å². The summed E-state index contributed by atoms with van der Waals surface area (Å²) in [5.41, 5.74) is 7.11. The van der Waals surface area contributed by atoms with E-state index in [1.807, 2.05) is 19.1 Å². The van der Waals surface area contributed by atoms with Crippen LogP contribution >= 0.6 is 24.8 Å². The Morgan fingerprint density at radius 3 is 2.14 bits per heavy atom. The fourth-order valence-corrected chi connectivity index (χ4v) is 1.53. The molecule has 2 amide bonds. The number of aromatic nitrogens is 1. The van der Waals surface area contributed by atoms with Gasteiger partial charge in [-0.2, -0.15) is 0 Å². The zero-order valence-electron chi connectivity index (χ0n) is 11.2. The van der Waals surface area contributed by atoms with Crippen molar-refractivity contribution in [2.75, 3.05) is 5.32 Å². The Kier molecular flexibility index (Phi) is 7.41. The number of rotatable bonds is 3. The number of hydrogen-bond donors (Lipinski definition) is 2. The van der Waals surface area contributed by atoms with Crippen LogP contribution in [0.25, 0.3) is 0 Å². The molecule has 0 spiro atoms. The molecule has 0 aliphatic rings. The summed E-state index contributed by atoms with van der Waals surface area (Å²) < 4.78 is 0. The van der Waals surface area contributed by atoms with Gasteiger partial charge in [-0.25, -0.2) is 4.98 Å². The zero-order chi connectivity index (χ0) is 13.8. The minimum atomic E-state index is -0.662. The molecule has 21 heavy (non-hydrogen) atoms. The average molecular weight is 328 g/mol. The molecule has 0 bridgehead atoms. The number of nitrogens with zero attached hydrogens (tertiary/aromatic N) is 1. The molecule has 2 rings (SSSR count). The summed E-state index contributed by atoms with van der Waals surface area (Å²) in [6, 6.07) is 11.9. The van der Waals surface area contributed by atoms with Crippen molar-refractivity contribution >= 4 is 42.3 Å². The van der Waals surface area contributed by atoms with E-state index in [1.165, 1.54) is 12.1 Å². The molecule has 0 aliphatic carbocycles. The van der Waals surface area contributed by atoms with Crippen LogP contribution in [0.1, 0.15) is 26.5 Å². The topological polar surface area (TPSA) is 85.1 Å². The highest BCUT2D eigenvalue weighted by Crippen LogP contribution is 2.10. The number of aryl methyl sites for hydroxylation is 1. The molecule has 2 aromatic rings. The highest BCUT2D eigenvalue weighted by atomic mass is 35.5. The number of anilines is 1. The molecule has 5 nitrogen and oxygen atoms in total. The number of benzene rings is 1. The quantitative estimate of drug-likeness (QED) is 0.908. The van der Waals surface area contributed by atoms with Crippen LogP contribution in [0.4, 0.5) is 5.69 Å². The van der Waals surface area contributed by atoms with Gasteiger partial charge in [0.15, 0.2) is 0 Å². The minimum Gasteiger partial charge on any atom is -0.364 e. The van der Waals surface area contributed by atoms with Crippen molar-refractivity contribution in [3.05, 3.63) is 59.4 Å². The lowest BCUT2D eigenvalue weighted by Crippen LogP contribution is -2.18. The van der Waals surface area contributed by atoms with E-state index in [9.17, 15) is 9.59 Å². The Morgan fingerprint density at radius 1 is 1.00 bits per heavy atom. The SMILES string of the molecule is Cc1ccc(NC(=O)c2cccc(C(N)=O)n2)cc1.Cl.Cl. The van der Waals surface area contributed by atoms with Crippen LogP contribution in [0.3, 0.4) is 0 Å². The van der Waals surface area contributed by atoms with Crippen LogP contribution < -0.4 is 11.1 Å². The first-order valence-corrected chi connectivity index (χ1v) is 5.71. The van der Waals surface area contributed by atoms with Crippen molar-refractivity contribution < 1.29 is 9.59 Å². The molecule has 0 radical (unpaired) electrons. The number of halogens is 2. The monoisotopic (exact) mass is 327 g/mol. The number of nitrogens with one attached hydrogen (secondary N) is 1. The molecule has 0 unspecified atom stereocenters. The van der Waals surface area contributed by atoms with Gasteiger partial charge in [-0.15, -0.1) is 24.8 Å². The van der Waals surface area contributed by atoms with Crippen molar-refractivity contribution in [1.29, 1.82) is 0 Å². The third-order valence-electron chi connectivity index (χ3n) is 2.54. The van der Waals surface area contributed by atoms with Gasteiger partial charge in [0.2, 0.25) is 0 Å². The zero-order valence-corrected chi connectivity index (χ0v) is 12.8. The molecule has 7 heteroatoms. The lowest BCUT2D eigenvalue weighted by atomic mass is 10.2. The van der Waals surface area contributed by atoms with Crippen molar-refractivity contribution in [1.82, 2.24) is 4.98 Å². The Labute approximate surface area is 134 Å². The maximum Gasteiger partial charge on any atom is 0.274 e. The first-order valence-electron chi connectivity index (χ1n) is 5.71. The van der Waals surface area contributed by atoms with Crippen molar-refractivity contribution in [3.8, 4) is 0 Å². The van der Waals surface area contributed by atoms with Gasteiger partial charge in [-0.3, -0.25) is 9.59 Å². The maximum absolute atomic E-state index is 11.9. The summed E-state index contributed by atoms with van der Waals surface area (Å²) in [4.78, 5) is 26.8. The van der Waals surface area contributed by atoms with Gasteiger partial charge in [0.25, 0.3) is 11.8 Å². The van der Waals surface area contributed by atoms with E-state index >= 15 is 0 Å². The highest BCUT2D eigenvalue weighted by molar-refractivity contribution is 6.03. The van der Waals surface area contributed by atoms with E-state index in [-0.39, 0.29) is 42.1 Å². The molecule has 0 aliphatic heterocycles. The number of hydrogen-bond acceptors (Lipinski definition) is 3. The van der Waals surface area contributed by atoms with Gasteiger partial charge >= 0.3 is 0 Å². The molecule has 112 valence electrons. The van der Waals surface area contributed by atoms with Gasteiger partial charge in [-0.1, -0.05) is 23.8 Å². The number of nitrogens with two attached hydrogens (primary N) is 1. The molecular formula is C14H15Cl2N3O2. The Hall–Kier alpha value is -2.11. The van der Waals surface area contributed by atoms with E-state index in [1.54, 1.807) is 18.2 Å². The number of carbonyl (C=O) groups excluding carboxylic acids is 2. The molecule has 3 N–H and O–H groups in total. The second-order valence-corrected chi connectivity index (χ2v) is 4.09. The summed E-state index contributed by atoms with van der Waals surface area (Å²) in [6.45, 7) is 1.96. The van der Waals surface area contributed by atoms with Crippen molar-refractivity contribution in [3.63, 3.8) is 0 Å². The Bertz CT molecular complexity index is 630. The standard InChI is InChI=1S/C14H13N3O2.2ClH/c1-9-5-7-10(8-6-9)16-14(19)12-4-2-3-11(17-12)13(15)18;;/h2-8H,1H3,(H2,15,18)(H,16,19);2*1H. The summed E-state index contributed by atoms with van der Waals surface area (Å²) in [6.07, 6.45) is 0. The van der Waals surface area contributed by atoms with Gasteiger partial charge < -0.3 is 11.1 Å². The number of primary amides is 1. The first kappa shape index (κ1) is 18.9. The van der Waals surface area contributed by atoms with Gasteiger partial charge in [0.1, 0.15) is 11.4 Å². The maximum atomic E-state index is 11.9. The molecule has 1 aromatic heterocycles. The highest BCUT2D eigenvalue weighted by Gasteiger charge is 2.10. The van der Waals surface area contributed by atoms with Crippen molar-refractivity contribution in [2.45, 2.75) is 6.92 Å². The van der Waals surface area contributed by atoms with Crippen molar-refractivity contribution in [2.24, 2.45) is 5.73 Å². The fourth-order valence-electron chi connectivity index (χ4n) is 1.53. The summed E-state index contributed by atoms with van der Waals surface area (Å²) in [5.74, 6) is -1.04. The molecule has 1 heterocycles. The smallest absolute Gasteiger partial charge is 0.274 e. The summed E-state index contributed by atoms with van der Waals surface area (Å²) >= 11 is 0. The van der Waals surface area contributed by atoms with Crippen LogP contribution in [-0.2, 0) is 0 Å². The van der Waals surface area contributed by atoms with E-state index in [0.717, 1.165) is 5.56 Å². The predicted octanol–water partition coefficient (Wildman–Crippen LogP) is 2.58. The third-order valence-corrected chi connectivity index (χ3v) is 2.54. The first-order chi connectivity index (χ1) is 9.06. The molecule has 0 saturated carbocycles. The molecule has 0 atom stereocenters. The average Bonchev–Trinajstić information content (AvgIpc) is 2.41. The number of carbonyl (C=O) groups is 2. The Morgan fingerprint density at radius 2 is 1.57 bits per heavy atom. The Balaban J connectivity index is 0.00000200. The van der Waals surface area contributed by atoms with E-state index in [4.69, 9.17) is 5.73 Å². The van der Waals surface area contributed by atoms with Gasteiger partial charge in [-0.05, 0) is 31.2 Å². The van der Waals surface area contributed by atoms with Gasteiger partial charge in [0, 0.05) is 5.69 Å². The summed E-state index contributed by atoms with van der Waals surface area (Å²) in [7, 11) is 0. The lowest BCUT2D eigenvalue weighted by Gasteiger charge is -2.05. The lowest BCUT2D eigenvalue weighted by molar-refractivity contribution is 0.0995. The third kappa shape index (κ3) is 5.06. The second-order valence-electron chi connectivity index (χ2n) is 4.09. The number of pyridine rings is 1. The second kappa shape index (κ2) is 8.24. The number of amides is 2. The van der Waals surface area contributed by atoms with E-state index < -0.39 is 5.91 Å². The van der Waals surface area contributed by atoms with Crippen LogP contribution in [0.2, 0.25) is 0 Å². The van der Waals surface area contributed by atoms with Gasteiger partial charge in [0.05, 0.1) is 0 Å². The molecule has 0 fully saturated rings. The molecular weight excluding hydrogens is 313 g/mol. The predicted molar refractivity (Wildman–Crippen MR) is 86.4 cm³/mol. The normalized spacial score (nSPS) is 9.00. The van der Waals surface area contributed by atoms with E-state index in [2.05, 4.69) is 10.3 Å². The van der Waals surface area contributed by atoms with E-state index in [0.29, 0.717) is 5.69 Å².